The first-order valence-corrected chi connectivity index (χ1v) is 8.68. The number of ether oxygens (including phenoxy) is 1. The number of nitro groups is 1. The highest BCUT2D eigenvalue weighted by molar-refractivity contribution is 6.13. The van der Waals surface area contributed by atoms with Crippen molar-refractivity contribution < 1.29 is 32.4 Å². The van der Waals surface area contributed by atoms with Crippen molar-refractivity contribution in [3.8, 4) is 0 Å². The summed E-state index contributed by atoms with van der Waals surface area (Å²) in [6, 6.07) is 1.70. The van der Waals surface area contributed by atoms with E-state index in [1.54, 1.807) is 6.92 Å². The number of nitro benzene ring substituents is 1. The van der Waals surface area contributed by atoms with Crippen molar-refractivity contribution in [1.82, 2.24) is 0 Å². The third kappa shape index (κ3) is 4.91. The molecule has 0 aliphatic heterocycles. The highest BCUT2D eigenvalue weighted by Crippen LogP contribution is 2.35. The Morgan fingerprint density at radius 1 is 1.30 bits per heavy atom. The quantitative estimate of drug-likeness (QED) is 0.289. The number of alkyl halides is 3. The van der Waals surface area contributed by atoms with Crippen molar-refractivity contribution in [2.45, 2.75) is 38.8 Å². The van der Waals surface area contributed by atoms with E-state index >= 15 is 0 Å². The number of ketones is 2. The molecule has 148 valence electrons. The maximum absolute atomic E-state index is 12.8. The standard InChI is InChI=1S/C18H20F3NO5/c1-2-27-10-14(16(23)11-5-3-4-6-11)17(24)13-8-7-12(18(19,20)21)9-15(13)22(25)26/h7-9,11,14H,2-6,10H2,1H3. The molecule has 0 amide bonds. The van der Waals surface area contributed by atoms with Crippen LogP contribution in [0.4, 0.5) is 18.9 Å². The molecule has 27 heavy (non-hydrogen) atoms. The SMILES string of the molecule is CCOCC(C(=O)c1ccc(C(F)(F)F)cc1[N+](=O)[O-])C(=O)C1CCCC1. The monoisotopic (exact) mass is 387 g/mol. The van der Waals surface area contributed by atoms with Crippen LogP contribution in [-0.4, -0.2) is 29.7 Å². The Balaban J connectivity index is 2.41. The molecule has 1 atom stereocenters. The Labute approximate surface area is 153 Å². The van der Waals surface area contributed by atoms with Crippen LogP contribution in [0.1, 0.15) is 48.5 Å². The second-order valence-electron chi connectivity index (χ2n) is 6.45. The number of hydrogen-bond donors (Lipinski definition) is 0. The molecule has 6 nitrogen and oxygen atoms in total. The van der Waals surface area contributed by atoms with Gasteiger partial charge >= 0.3 is 6.18 Å². The van der Waals surface area contributed by atoms with E-state index in [-0.39, 0.29) is 24.9 Å². The largest absolute Gasteiger partial charge is 0.416 e. The summed E-state index contributed by atoms with van der Waals surface area (Å²) in [7, 11) is 0. The van der Waals surface area contributed by atoms with Gasteiger partial charge in [-0.3, -0.25) is 19.7 Å². The zero-order chi connectivity index (χ0) is 20.2. The van der Waals surface area contributed by atoms with E-state index in [1.807, 2.05) is 0 Å². The molecule has 1 fully saturated rings. The van der Waals surface area contributed by atoms with E-state index in [1.165, 1.54) is 0 Å². The lowest BCUT2D eigenvalue weighted by Crippen LogP contribution is -2.33. The first kappa shape index (κ1) is 21.0. The molecule has 1 aliphatic rings. The van der Waals surface area contributed by atoms with Crippen molar-refractivity contribution in [3.63, 3.8) is 0 Å². The van der Waals surface area contributed by atoms with Gasteiger partial charge in [0.2, 0.25) is 0 Å². The van der Waals surface area contributed by atoms with Crippen LogP contribution in [0.3, 0.4) is 0 Å². The minimum atomic E-state index is -4.78. The van der Waals surface area contributed by atoms with E-state index < -0.39 is 39.6 Å². The predicted octanol–water partition coefficient (Wildman–Crippen LogP) is 4.21. The number of Topliss-reactive ketones (excluding diaryl/α,β-unsaturated/α-hetero) is 2. The summed E-state index contributed by atoms with van der Waals surface area (Å²) >= 11 is 0. The number of carbonyl (C=O) groups excluding carboxylic acids is 2. The van der Waals surface area contributed by atoms with Gasteiger partial charge in [-0.05, 0) is 31.9 Å². The Morgan fingerprint density at radius 3 is 2.44 bits per heavy atom. The predicted molar refractivity (Wildman–Crippen MR) is 89.4 cm³/mol. The van der Waals surface area contributed by atoms with Crippen LogP contribution >= 0.6 is 0 Å². The Bertz CT molecular complexity index is 726. The summed E-state index contributed by atoms with van der Waals surface area (Å²) in [5.74, 6) is -2.82. The second-order valence-corrected chi connectivity index (χ2v) is 6.45. The summed E-state index contributed by atoms with van der Waals surface area (Å²) in [4.78, 5) is 35.8. The molecule has 0 heterocycles. The highest BCUT2D eigenvalue weighted by atomic mass is 19.4. The lowest BCUT2D eigenvalue weighted by molar-refractivity contribution is -0.385. The molecule has 9 heteroatoms. The van der Waals surface area contributed by atoms with Crippen LogP contribution in [0.15, 0.2) is 18.2 Å². The molecule has 1 unspecified atom stereocenters. The van der Waals surface area contributed by atoms with Gasteiger partial charge in [-0.25, -0.2) is 0 Å². The van der Waals surface area contributed by atoms with Gasteiger partial charge in [-0.2, -0.15) is 13.2 Å². The van der Waals surface area contributed by atoms with Crippen LogP contribution in [0.25, 0.3) is 0 Å². The molecule has 1 saturated carbocycles. The lowest BCUT2D eigenvalue weighted by Gasteiger charge is -2.19. The first-order valence-electron chi connectivity index (χ1n) is 8.68. The van der Waals surface area contributed by atoms with Gasteiger partial charge in [0, 0.05) is 18.6 Å². The highest BCUT2D eigenvalue weighted by Gasteiger charge is 2.39. The minimum Gasteiger partial charge on any atom is -0.381 e. The molecule has 0 saturated heterocycles. The zero-order valence-electron chi connectivity index (χ0n) is 14.8. The van der Waals surface area contributed by atoms with Crippen LogP contribution in [0.2, 0.25) is 0 Å². The molecular weight excluding hydrogens is 367 g/mol. The summed E-state index contributed by atoms with van der Waals surface area (Å²) < 4.78 is 43.7. The summed E-state index contributed by atoms with van der Waals surface area (Å²) in [5, 5.41) is 11.2. The Morgan fingerprint density at radius 2 is 1.93 bits per heavy atom. The molecule has 1 aromatic carbocycles. The molecule has 0 N–H and O–H groups in total. The topological polar surface area (TPSA) is 86.5 Å². The Kier molecular flexibility index (Phi) is 6.69. The first-order chi connectivity index (χ1) is 12.7. The lowest BCUT2D eigenvalue weighted by atomic mass is 9.86. The van der Waals surface area contributed by atoms with Gasteiger partial charge in [-0.15, -0.1) is 0 Å². The molecule has 0 aromatic heterocycles. The Hall–Kier alpha value is -2.29. The van der Waals surface area contributed by atoms with Crippen molar-refractivity contribution in [1.29, 1.82) is 0 Å². The van der Waals surface area contributed by atoms with Gasteiger partial charge in [0.15, 0.2) is 5.78 Å². The molecule has 1 aliphatic carbocycles. The van der Waals surface area contributed by atoms with Crippen molar-refractivity contribution >= 4 is 17.3 Å². The number of hydrogen-bond acceptors (Lipinski definition) is 5. The second kappa shape index (κ2) is 8.60. The summed E-state index contributed by atoms with van der Waals surface area (Å²) in [6.07, 6.45) is -1.82. The third-order valence-corrected chi connectivity index (χ3v) is 4.69. The van der Waals surface area contributed by atoms with Crippen LogP contribution < -0.4 is 0 Å². The van der Waals surface area contributed by atoms with Crippen molar-refractivity contribution in [2.24, 2.45) is 11.8 Å². The fourth-order valence-electron chi connectivity index (χ4n) is 3.27. The van der Waals surface area contributed by atoms with E-state index in [4.69, 9.17) is 4.74 Å². The van der Waals surface area contributed by atoms with Crippen LogP contribution in [0.5, 0.6) is 0 Å². The summed E-state index contributed by atoms with van der Waals surface area (Å²) in [6.45, 7) is 1.65. The van der Waals surface area contributed by atoms with E-state index in [9.17, 15) is 32.9 Å². The van der Waals surface area contributed by atoms with Gasteiger partial charge in [0.1, 0.15) is 11.7 Å². The van der Waals surface area contributed by atoms with Gasteiger partial charge in [-0.1, -0.05) is 12.8 Å². The summed E-state index contributed by atoms with van der Waals surface area (Å²) in [5.41, 5.74) is -2.70. The molecule has 0 spiro atoms. The average molecular weight is 387 g/mol. The third-order valence-electron chi connectivity index (χ3n) is 4.69. The molecular formula is C18H20F3NO5. The van der Waals surface area contributed by atoms with Gasteiger partial charge in [0.05, 0.1) is 22.7 Å². The van der Waals surface area contributed by atoms with E-state index in [0.717, 1.165) is 18.9 Å². The van der Waals surface area contributed by atoms with Gasteiger partial charge in [0.25, 0.3) is 5.69 Å². The maximum atomic E-state index is 12.8. The number of rotatable bonds is 8. The minimum absolute atomic E-state index is 0.233. The van der Waals surface area contributed by atoms with Crippen molar-refractivity contribution in [3.05, 3.63) is 39.4 Å². The molecule has 2 rings (SSSR count). The molecule has 0 bridgehead atoms. The number of halogens is 3. The van der Waals surface area contributed by atoms with E-state index in [2.05, 4.69) is 0 Å². The maximum Gasteiger partial charge on any atom is 0.416 e. The van der Waals surface area contributed by atoms with E-state index in [0.29, 0.717) is 25.0 Å². The van der Waals surface area contributed by atoms with Crippen molar-refractivity contribution in [2.75, 3.05) is 13.2 Å². The number of benzene rings is 1. The zero-order valence-corrected chi connectivity index (χ0v) is 14.8. The van der Waals surface area contributed by atoms with Gasteiger partial charge < -0.3 is 4.74 Å². The fraction of sp³-hybridized carbons (Fsp3) is 0.556. The number of nitrogens with zero attached hydrogens (tertiary/aromatic N) is 1. The molecule has 1 aromatic rings. The van der Waals surface area contributed by atoms with Crippen LogP contribution in [-0.2, 0) is 15.7 Å². The smallest absolute Gasteiger partial charge is 0.381 e. The normalized spacial score (nSPS) is 16.3. The van der Waals surface area contributed by atoms with Crippen LogP contribution in [0, 0.1) is 22.0 Å². The fourth-order valence-corrected chi connectivity index (χ4v) is 3.27. The average Bonchev–Trinajstić information content (AvgIpc) is 3.15. The molecule has 0 radical (unpaired) electrons. The number of carbonyl (C=O) groups is 2.